The summed E-state index contributed by atoms with van der Waals surface area (Å²) in [6, 6.07) is 7.59. The highest BCUT2D eigenvalue weighted by Crippen LogP contribution is 2.29. The van der Waals surface area contributed by atoms with E-state index in [1.54, 1.807) is 6.92 Å². The average molecular weight is 348 g/mol. The summed E-state index contributed by atoms with van der Waals surface area (Å²) in [5, 5.41) is 3.74. The van der Waals surface area contributed by atoms with Gasteiger partial charge in [0.05, 0.1) is 23.0 Å². The van der Waals surface area contributed by atoms with Gasteiger partial charge in [0.1, 0.15) is 0 Å². The van der Waals surface area contributed by atoms with E-state index in [2.05, 4.69) is 10.3 Å². The molecule has 0 fully saturated rings. The number of carbonyl (C=O) groups is 1. The molecule has 1 aromatic heterocycles. The number of ether oxygens (including phenoxy) is 1. The number of benzene rings is 1. The molecule has 0 unspecified atom stereocenters. The van der Waals surface area contributed by atoms with E-state index in [0.717, 1.165) is 22.5 Å². The molecule has 0 bridgehead atoms. The molecule has 0 aliphatic rings. The zero-order valence-corrected chi connectivity index (χ0v) is 14.9. The lowest BCUT2D eigenvalue weighted by atomic mass is 10.1. The van der Waals surface area contributed by atoms with E-state index in [9.17, 15) is 4.79 Å². The summed E-state index contributed by atoms with van der Waals surface area (Å²) in [7, 11) is 0. The Kier molecular flexibility index (Phi) is 6.04. The summed E-state index contributed by atoms with van der Waals surface area (Å²) in [5.74, 6) is 0.398. The number of aryl methyl sites for hydroxylation is 2. The Balaban J connectivity index is 2.09. The van der Waals surface area contributed by atoms with Crippen LogP contribution in [-0.4, -0.2) is 17.6 Å². The van der Waals surface area contributed by atoms with Gasteiger partial charge in [-0.05, 0) is 43.2 Å². The molecule has 5 nitrogen and oxygen atoms in total. The van der Waals surface area contributed by atoms with Crippen molar-refractivity contribution in [3.8, 4) is 0 Å². The Morgan fingerprint density at radius 1 is 1.33 bits per heavy atom. The largest absolute Gasteiger partial charge is 0.465 e. The lowest BCUT2D eigenvalue weighted by Gasteiger charge is -2.13. The first kappa shape index (κ1) is 18.1. The van der Waals surface area contributed by atoms with Gasteiger partial charge in [-0.15, -0.1) is 0 Å². The van der Waals surface area contributed by atoms with E-state index in [1.165, 1.54) is 0 Å². The van der Waals surface area contributed by atoms with Gasteiger partial charge in [-0.3, -0.25) is 4.79 Å². The SMILES string of the molecule is CCC(=O)OCCc1ccc(Nc2nc(C)cc(C)c2N)c(Cl)c1. The number of halogens is 1. The minimum Gasteiger partial charge on any atom is -0.465 e. The van der Waals surface area contributed by atoms with E-state index < -0.39 is 0 Å². The standard InChI is InChI=1S/C18H22ClN3O2/c1-4-16(23)24-8-7-13-5-6-15(14(19)10-13)22-18-17(20)11(2)9-12(3)21-18/h5-6,9-10H,4,7-8,20H2,1-3H3,(H,21,22). The van der Waals surface area contributed by atoms with Crippen molar-refractivity contribution in [2.24, 2.45) is 0 Å². The molecule has 6 heteroatoms. The summed E-state index contributed by atoms with van der Waals surface area (Å²) < 4.78 is 5.08. The molecular weight excluding hydrogens is 326 g/mol. The molecule has 0 radical (unpaired) electrons. The number of hydrogen-bond acceptors (Lipinski definition) is 5. The third kappa shape index (κ3) is 4.61. The fourth-order valence-corrected chi connectivity index (χ4v) is 2.52. The van der Waals surface area contributed by atoms with Crippen LogP contribution in [0.4, 0.5) is 17.2 Å². The number of nitrogen functional groups attached to an aromatic ring is 1. The van der Waals surface area contributed by atoms with Crippen LogP contribution >= 0.6 is 11.6 Å². The maximum absolute atomic E-state index is 11.1. The molecule has 0 saturated heterocycles. The Hall–Kier alpha value is -2.27. The maximum atomic E-state index is 11.1. The van der Waals surface area contributed by atoms with Crippen molar-refractivity contribution in [3.63, 3.8) is 0 Å². The Morgan fingerprint density at radius 2 is 2.08 bits per heavy atom. The third-order valence-electron chi connectivity index (χ3n) is 3.62. The average Bonchev–Trinajstić information content (AvgIpc) is 2.54. The molecule has 128 valence electrons. The molecule has 0 aliphatic heterocycles. The van der Waals surface area contributed by atoms with Gasteiger partial charge in [0.25, 0.3) is 0 Å². The molecule has 0 spiro atoms. The lowest BCUT2D eigenvalue weighted by molar-refractivity contribution is -0.143. The summed E-state index contributed by atoms with van der Waals surface area (Å²) >= 11 is 6.34. The summed E-state index contributed by atoms with van der Waals surface area (Å²) in [5.41, 5.74) is 10.3. The van der Waals surface area contributed by atoms with Gasteiger partial charge in [0.15, 0.2) is 5.82 Å². The maximum Gasteiger partial charge on any atom is 0.305 e. The second kappa shape index (κ2) is 8.02. The number of nitrogens with two attached hydrogens (primary N) is 1. The van der Waals surface area contributed by atoms with Gasteiger partial charge in [0.2, 0.25) is 0 Å². The highest BCUT2D eigenvalue weighted by atomic mass is 35.5. The summed E-state index contributed by atoms with van der Waals surface area (Å²) in [6.07, 6.45) is 1.00. The van der Waals surface area contributed by atoms with E-state index in [-0.39, 0.29) is 5.97 Å². The number of aromatic nitrogens is 1. The zero-order chi connectivity index (χ0) is 17.7. The first-order valence-electron chi connectivity index (χ1n) is 7.85. The molecule has 1 aromatic carbocycles. The third-order valence-corrected chi connectivity index (χ3v) is 3.94. The van der Waals surface area contributed by atoms with Crippen LogP contribution in [0.1, 0.15) is 30.2 Å². The van der Waals surface area contributed by atoms with Crippen molar-refractivity contribution >= 4 is 34.8 Å². The van der Waals surface area contributed by atoms with Gasteiger partial charge >= 0.3 is 5.97 Å². The molecule has 0 amide bonds. The van der Waals surface area contributed by atoms with Crippen LogP contribution in [0.3, 0.4) is 0 Å². The van der Waals surface area contributed by atoms with Crippen LogP contribution in [0.5, 0.6) is 0 Å². The first-order chi connectivity index (χ1) is 11.4. The molecule has 2 rings (SSSR count). The first-order valence-corrected chi connectivity index (χ1v) is 8.23. The topological polar surface area (TPSA) is 77.2 Å². The normalized spacial score (nSPS) is 10.5. The number of esters is 1. The van der Waals surface area contributed by atoms with Crippen LogP contribution < -0.4 is 11.1 Å². The van der Waals surface area contributed by atoms with Crippen molar-refractivity contribution < 1.29 is 9.53 Å². The van der Waals surface area contributed by atoms with E-state index >= 15 is 0 Å². The van der Waals surface area contributed by atoms with Gasteiger partial charge < -0.3 is 15.8 Å². The van der Waals surface area contributed by atoms with Crippen molar-refractivity contribution in [3.05, 3.63) is 46.1 Å². The monoisotopic (exact) mass is 347 g/mol. The molecule has 1 heterocycles. The fourth-order valence-electron chi connectivity index (χ4n) is 2.27. The second-order valence-corrected chi connectivity index (χ2v) is 6.01. The number of nitrogens with zero attached hydrogens (tertiary/aromatic N) is 1. The predicted molar refractivity (Wildman–Crippen MR) is 97.8 cm³/mol. The zero-order valence-electron chi connectivity index (χ0n) is 14.1. The van der Waals surface area contributed by atoms with Crippen molar-refractivity contribution in [2.45, 2.75) is 33.6 Å². The molecule has 2 aromatic rings. The molecule has 0 aliphatic carbocycles. The minimum atomic E-state index is -0.198. The fraction of sp³-hybridized carbons (Fsp3) is 0.333. The van der Waals surface area contributed by atoms with E-state index in [4.69, 9.17) is 22.1 Å². The van der Waals surface area contributed by atoms with E-state index in [1.807, 2.05) is 38.1 Å². The van der Waals surface area contributed by atoms with Crippen molar-refractivity contribution in [1.82, 2.24) is 4.98 Å². The Labute approximate surface area is 147 Å². The van der Waals surface area contributed by atoms with Gasteiger partial charge in [0, 0.05) is 18.5 Å². The van der Waals surface area contributed by atoms with Gasteiger partial charge in [-0.25, -0.2) is 4.98 Å². The van der Waals surface area contributed by atoms with Crippen LogP contribution in [0.2, 0.25) is 5.02 Å². The summed E-state index contributed by atoms with van der Waals surface area (Å²) in [4.78, 5) is 15.6. The van der Waals surface area contributed by atoms with Crippen LogP contribution in [0, 0.1) is 13.8 Å². The highest BCUT2D eigenvalue weighted by Gasteiger charge is 2.09. The molecule has 3 N–H and O–H groups in total. The van der Waals surface area contributed by atoms with Gasteiger partial charge in [-0.2, -0.15) is 0 Å². The molecule has 0 saturated carbocycles. The molecule has 0 atom stereocenters. The predicted octanol–water partition coefficient (Wildman–Crippen LogP) is 4.17. The van der Waals surface area contributed by atoms with Gasteiger partial charge in [-0.1, -0.05) is 24.6 Å². The number of anilines is 3. The highest BCUT2D eigenvalue weighted by molar-refractivity contribution is 6.33. The number of pyridine rings is 1. The number of rotatable bonds is 6. The number of hydrogen-bond donors (Lipinski definition) is 2. The molecular formula is C18H22ClN3O2. The molecule has 24 heavy (non-hydrogen) atoms. The minimum absolute atomic E-state index is 0.198. The lowest BCUT2D eigenvalue weighted by Crippen LogP contribution is -2.06. The van der Waals surface area contributed by atoms with Crippen LogP contribution in [0.25, 0.3) is 0 Å². The smallest absolute Gasteiger partial charge is 0.305 e. The van der Waals surface area contributed by atoms with E-state index in [0.29, 0.717) is 36.0 Å². The van der Waals surface area contributed by atoms with Crippen molar-refractivity contribution in [1.29, 1.82) is 0 Å². The summed E-state index contributed by atoms with van der Waals surface area (Å²) in [6.45, 7) is 5.98. The number of carbonyl (C=O) groups excluding carboxylic acids is 1. The second-order valence-electron chi connectivity index (χ2n) is 5.61. The van der Waals surface area contributed by atoms with Crippen LogP contribution in [-0.2, 0) is 16.0 Å². The van der Waals surface area contributed by atoms with Crippen molar-refractivity contribution in [2.75, 3.05) is 17.7 Å². The number of nitrogens with one attached hydrogen (secondary N) is 1. The Morgan fingerprint density at radius 3 is 2.75 bits per heavy atom. The van der Waals surface area contributed by atoms with Crippen LogP contribution in [0.15, 0.2) is 24.3 Å². The quantitative estimate of drug-likeness (QED) is 0.767. The Bertz CT molecular complexity index is 747.